The van der Waals surface area contributed by atoms with Crippen LogP contribution < -0.4 is 0 Å². The van der Waals surface area contributed by atoms with Crippen LogP contribution in [-0.2, 0) is 17.5 Å². The lowest BCUT2D eigenvalue weighted by atomic mass is 9.86. The number of benzene rings is 1. The largest absolute Gasteiger partial charge is 0.416 e. The second-order valence-electron chi connectivity index (χ2n) is 7.78. The van der Waals surface area contributed by atoms with Crippen molar-refractivity contribution in [2.24, 2.45) is 0 Å². The first-order chi connectivity index (χ1) is 12.7. The van der Waals surface area contributed by atoms with Crippen molar-refractivity contribution in [3.8, 4) is 0 Å². The Balaban J connectivity index is 1.73. The van der Waals surface area contributed by atoms with Crippen molar-refractivity contribution in [1.82, 2.24) is 14.7 Å². The Bertz CT molecular complexity index is 679. The number of carbonyl (C=O) groups is 1. The average molecular weight is 383 g/mol. The molecule has 1 aromatic carbocycles. The summed E-state index contributed by atoms with van der Waals surface area (Å²) in [5.74, 6) is 0.206. The van der Waals surface area contributed by atoms with Crippen LogP contribution in [0.25, 0.3) is 0 Å². The second kappa shape index (κ2) is 7.80. The maximum Gasteiger partial charge on any atom is 0.416 e. The first-order valence-electron chi connectivity index (χ1n) is 9.61. The molecule has 0 saturated carbocycles. The summed E-state index contributed by atoms with van der Waals surface area (Å²) in [6.45, 7) is 6.44. The van der Waals surface area contributed by atoms with Crippen molar-refractivity contribution in [2.75, 3.05) is 39.8 Å². The van der Waals surface area contributed by atoms with Crippen molar-refractivity contribution in [3.63, 3.8) is 0 Å². The van der Waals surface area contributed by atoms with Crippen LogP contribution in [0, 0.1) is 0 Å². The molecule has 2 fully saturated rings. The smallest absolute Gasteiger partial charge is 0.343 e. The lowest BCUT2D eigenvalue weighted by Gasteiger charge is -2.49. The molecule has 4 nitrogen and oxygen atoms in total. The number of hydrogen-bond acceptors (Lipinski definition) is 3. The fourth-order valence-electron chi connectivity index (χ4n) is 4.35. The zero-order valence-corrected chi connectivity index (χ0v) is 16.1. The third kappa shape index (κ3) is 4.46. The Morgan fingerprint density at radius 3 is 2.63 bits per heavy atom. The van der Waals surface area contributed by atoms with Crippen LogP contribution in [0.5, 0.6) is 0 Å². The number of piperazine rings is 1. The summed E-state index contributed by atoms with van der Waals surface area (Å²) in [7, 11) is 2.10. The molecule has 0 radical (unpaired) electrons. The first kappa shape index (κ1) is 20.1. The highest BCUT2D eigenvalue weighted by Gasteiger charge is 2.42. The molecule has 0 N–H and O–H groups in total. The molecule has 150 valence electrons. The molecule has 1 aromatic rings. The van der Waals surface area contributed by atoms with Gasteiger partial charge in [-0.2, -0.15) is 13.2 Å². The van der Waals surface area contributed by atoms with E-state index >= 15 is 0 Å². The van der Waals surface area contributed by atoms with Crippen LogP contribution in [-0.4, -0.2) is 65.9 Å². The van der Waals surface area contributed by atoms with E-state index < -0.39 is 11.7 Å². The maximum atomic E-state index is 13.0. The Kier molecular flexibility index (Phi) is 5.82. The summed E-state index contributed by atoms with van der Waals surface area (Å²) in [4.78, 5) is 18.8. The van der Waals surface area contributed by atoms with Gasteiger partial charge in [0.05, 0.1) is 5.56 Å². The zero-order valence-electron chi connectivity index (χ0n) is 16.1. The van der Waals surface area contributed by atoms with Crippen molar-refractivity contribution in [1.29, 1.82) is 0 Å². The number of likely N-dealkylation sites (N-methyl/N-ethyl adjacent to an activating group) is 1. The Morgan fingerprint density at radius 2 is 1.93 bits per heavy atom. The Hall–Kier alpha value is -1.60. The fraction of sp³-hybridized carbons (Fsp3) is 0.650. The summed E-state index contributed by atoms with van der Waals surface area (Å²) < 4.78 is 38.9. The van der Waals surface area contributed by atoms with Gasteiger partial charge >= 0.3 is 6.18 Å². The Labute approximate surface area is 158 Å². The van der Waals surface area contributed by atoms with E-state index in [1.165, 1.54) is 12.1 Å². The molecule has 0 bridgehead atoms. The summed E-state index contributed by atoms with van der Waals surface area (Å²) in [6, 6.07) is 5.61. The van der Waals surface area contributed by atoms with E-state index in [0.29, 0.717) is 18.5 Å². The maximum absolute atomic E-state index is 13.0. The number of carbonyl (C=O) groups excluding carboxylic acids is 1. The van der Waals surface area contributed by atoms with E-state index in [1.807, 2.05) is 11.8 Å². The van der Waals surface area contributed by atoms with E-state index in [4.69, 9.17) is 0 Å². The van der Waals surface area contributed by atoms with Crippen LogP contribution >= 0.6 is 0 Å². The summed E-state index contributed by atoms with van der Waals surface area (Å²) in [5.41, 5.74) is 0.00586. The first-order valence-corrected chi connectivity index (χ1v) is 9.61. The number of rotatable bonds is 3. The topological polar surface area (TPSA) is 26.8 Å². The van der Waals surface area contributed by atoms with E-state index in [9.17, 15) is 18.0 Å². The molecule has 1 amide bonds. The molecule has 0 aliphatic carbocycles. The van der Waals surface area contributed by atoms with Crippen molar-refractivity contribution < 1.29 is 18.0 Å². The van der Waals surface area contributed by atoms with E-state index in [1.54, 1.807) is 6.07 Å². The van der Waals surface area contributed by atoms with Crippen molar-refractivity contribution >= 4 is 5.91 Å². The molecule has 2 heterocycles. The lowest BCUT2D eigenvalue weighted by Crippen LogP contribution is -2.60. The molecule has 1 atom stereocenters. The highest BCUT2D eigenvalue weighted by Crippen LogP contribution is 2.33. The highest BCUT2D eigenvalue weighted by molar-refractivity contribution is 5.76. The molecule has 2 saturated heterocycles. The van der Waals surface area contributed by atoms with Gasteiger partial charge in [-0.3, -0.25) is 14.6 Å². The van der Waals surface area contributed by atoms with E-state index in [2.05, 4.69) is 16.8 Å². The van der Waals surface area contributed by atoms with Crippen molar-refractivity contribution in [3.05, 3.63) is 35.4 Å². The predicted octanol–water partition coefficient (Wildman–Crippen LogP) is 3.22. The number of amides is 1. The number of hydrogen-bond donors (Lipinski definition) is 0. The highest BCUT2D eigenvalue weighted by atomic mass is 19.4. The summed E-state index contributed by atoms with van der Waals surface area (Å²) >= 11 is 0. The van der Waals surface area contributed by atoms with Gasteiger partial charge in [0, 0.05) is 51.2 Å². The van der Waals surface area contributed by atoms with Crippen LogP contribution in [0.1, 0.15) is 37.3 Å². The minimum absolute atomic E-state index is 0.0839. The lowest BCUT2D eigenvalue weighted by molar-refractivity contribution is -0.137. The molecule has 7 heteroatoms. The SMILES string of the molecule is CCN1CC[C@]2(CCC1=O)CN(Cc1cccc(C(F)(F)F)c1)CCN2C. The molecule has 2 aliphatic heterocycles. The number of nitrogens with zero attached hydrogens (tertiary/aromatic N) is 3. The fourth-order valence-corrected chi connectivity index (χ4v) is 4.35. The quantitative estimate of drug-likeness (QED) is 0.802. The Morgan fingerprint density at radius 1 is 1.15 bits per heavy atom. The van der Waals surface area contributed by atoms with Gasteiger partial charge in [-0.1, -0.05) is 18.2 Å². The zero-order chi connectivity index (χ0) is 19.7. The molecule has 2 aliphatic rings. The third-order valence-electron chi connectivity index (χ3n) is 6.13. The molecule has 3 rings (SSSR count). The van der Waals surface area contributed by atoms with Crippen LogP contribution in [0.4, 0.5) is 13.2 Å². The minimum Gasteiger partial charge on any atom is -0.343 e. The normalized spacial score (nSPS) is 25.8. The van der Waals surface area contributed by atoms with E-state index in [0.717, 1.165) is 51.6 Å². The summed E-state index contributed by atoms with van der Waals surface area (Å²) in [5, 5.41) is 0. The van der Waals surface area contributed by atoms with E-state index in [-0.39, 0.29) is 11.4 Å². The number of halogens is 3. The van der Waals surface area contributed by atoms with Crippen LogP contribution in [0.3, 0.4) is 0 Å². The molecule has 0 unspecified atom stereocenters. The van der Waals surface area contributed by atoms with Crippen LogP contribution in [0.2, 0.25) is 0 Å². The van der Waals surface area contributed by atoms with Gasteiger partial charge in [-0.05, 0) is 38.4 Å². The molecular weight excluding hydrogens is 355 g/mol. The standard InChI is InChI=1S/C20H28F3N3O/c1-3-26-10-9-19(8-7-18(26)27)15-25(12-11-24(19)2)14-16-5-4-6-17(13-16)20(21,22)23/h4-6,13H,3,7-12,14-15H2,1-2H3/t19-/m1/s1. The van der Waals surface area contributed by atoms with Gasteiger partial charge in [0.2, 0.25) is 5.91 Å². The third-order valence-corrected chi connectivity index (χ3v) is 6.13. The summed E-state index contributed by atoms with van der Waals surface area (Å²) in [6.07, 6.45) is -2.07. The molecule has 1 spiro atoms. The van der Waals surface area contributed by atoms with Crippen LogP contribution in [0.15, 0.2) is 24.3 Å². The van der Waals surface area contributed by atoms with Crippen molar-refractivity contribution in [2.45, 2.75) is 44.4 Å². The monoisotopic (exact) mass is 383 g/mol. The van der Waals surface area contributed by atoms with Gasteiger partial charge in [0.1, 0.15) is 0 Å². The number of likely N-dealkylation sites (tertiary alicyclic amines) is 1. The second-order valence-corrected chi connectivity index (χ2v) is 7.78. The van der Waals surface area contributed by atoms with Gasteiger partial charge in [-0.15, -0.1) is 0 Å². The predicted molar refractivity (Wildman–Crippen MR) is 98.2 cm³/mol. The van der Waals surface area contributed by atoms with Gasteiger partial charge < -0.3 is 4.90 Å². The minimum atomic E-state index is -4.31. The van der Waals surface area contributed by atoms with Gasteiger partial charge in [0.25, 0.3) is 0 Å². The molecule has 27 heavy (non-hydrogen) atoms. The molecule has 0 aromatic heterocycles. The van der Waals surface area contributed by atoms with Gasteiger partial charge in [0.15, 0.2) is 0 Å². The number of alkyl halides is 3. The van der Waals surface area contributed by atoms with Gasteiger partial charge in [-0.25, -0.2) is 0 Å². The average Bonchev–Trinajstić information content (AvgIpc) is 2.78. The molecular formula is C20H28F3N3O.